The molecule has 15 heavy (non-hydrogen) atoms. The number of aliphatic carboxylic acids is 1. The maximum absolute atomic E-state index is 10.6. The summed E-state index contributed by atoms with van der Waals surface area (Å²) in [4.78, 5) is 12.3. The molecule has 1 aromatic rings. The minimum absolute atomic E-state index is 0.0193. The van der Waals surface area contributed by atoms with Crippen LogP contribution in [0.15, 0.2) is 17.0 Å². The van der Waals surface area contributed by atoms with Crippen molar-refractivity contribution in [2.24, 2.45) is 0 Å². The first kappa shape index (κ1) is 11.7. The zero-order valence-corrected chi connectivity index (χ0v) is 8.55. The summed E-state index contributed by atoms with van der Waals surface area (Å²) in [6.07, 6.45) is 3.07. The Bertz CT molecular complexity index is 286. The molecule has 0 aliphatic carbocycles. The smallest absolute Gasteiger partial charge is 0.317 e. The third kappa shape index (κ3) is 4.57. The molecule has 6 heteroatoms. The van der Waals surface area contributed by atoms with Crippen LogP contribution in [0.3, 0.4) is 0 Å². The SMILES string of the molecule is COCCN(CC(=O)O)Cc1cnoc1. The van der Waals surface area contributed by atoms with Crippen molar-refractivity contribution < 1.29 is 19.2 Å². The highest BCUT2D eigenvalue weighted by atomic mass is 16.5. The number of methoxy groups -OCH3 is 1. The van der Waals surface area contributed by atoms with Crippen LogP contribution in [0.2, 0.25) is 0 Å². The van der Waals surface area contributed by atoms with Crippen LogP contribution in [0.5, 0.6) is 0 Å². The summed E-state index contributed by atoms with van der Waals surface area (Å²) < 4.78 is 9.57. The molecule has 1 heterocycles. The highest BCUT2D eigenvalue weighted by Gasteiger charge is 2.10. The van der Waals surface area contributed by atoms with Gasteiger partial charge in [-0.15, -0.1) is 0 Å². The topological polar surface area (TPSA) is 75.8 Å². The molecule has 0 saturated heterocycles. The first-order chi connectivity index (χ1) is 7.22. The largest absolute Gasteiger partial charge is 0.480 e. The maximum Gasteiger partial charge on any atom is 0.317 e. The summed E-state index contributed by atoms with van der Waals surface area (Å²) in [5.74, 6) is -0.859. The molecule has 6 nitrogen and oxygen atoms in total. The molecule has 0 radical (unpaired) electrons. The number of aromatic nitrogens is 1. The summed E-state index contributed by atoms with van der Waals surface area (Å²) in [6.45, 7) is 1.54. The number of hydrogen-bond acceptors (Lipinski definition) is 5. The molecule has 0 bridgehead atoms. The molecule has 1 rings (SSSR count). The second kappa shape index (κ2) is 6.15. The van der Waals surface area contributed by atoms with Crippen molar-refractivity contribution in [2.75, 3.05) is 26.8 Å². The Hall–Kier alpha value is -1.40. The first-order valence-corrected chi connectivity index (χ1v) is 4.53. The first-order valence-electron chi connectivity index (χ1n) is 4.53. The van der Waals surface area contributed by atoms with E-state index in [1.807, 2.05) is 0 Å². The third-order valence-electron chi connectivity index (χ3n) is 1.86. The van der Waals surface area contributed by atoms with Crippen molar-refractivity contribution in [1.82, 2.24) is 10.1 Å². The van der Waals surface area contributed by atoms with Crippen LogP contribution in [0.25, 0.3) is 0 Å². The third-order valence-corrected chi connectivity index (χ3v) is 1.86. The van der Waals surface area contributed by atoms with Gasteiger partial charge in [0, 0.05) is 25.8 Å². The molecular formula is C9H14N2O4. The number of nitrogens with zero attached hydrogens (tertiary/aromatic N) is 2. The van der Waals surface area contributed by atoms with E-state index in [0.717, 1.165) is 5.56 Å². The molecule has 0 atom stereocenters. The molecule has 0 amide bonds. The molecule has 0 spiro atoms. The van der Waals surface area contributed by atoms with E-state index in [1.54, 1.807) is 18.2 Å². The Balaban J connectivity index is 2.44. The van der Waals surface area contributed by atoms with E-state index in [4.69, 9.17) is 9.84 Å². The van der Waals surface area contributed by atoms with E-state index >= 15 is 0 Å². The highest BCUT2D eigenvalue weighted by Crippen LogP contribution is 2.02. The molecule has 1 N–H and O–H groups in total. The predicted molar refractivity (Wildman–Crippen MR) is 51.3 cm³/mol. The Labute approximate surface area is 87.4 Å². The van der Waals surface area contributed by atoms with E-state index in [0.29, 0.717) is 19.7 Å². The van der Waals surface area contributed by atoms with E-state index in [1.165, 1.54) is 6.26 Å². The monoisotopic (exact) mass is 214 g/mol. The summed E-state index contributed by atoms with van der Waals surface area (Å²) in [5, 5.41) is 12.2. The van der Waals surface area contributed by atoms with Crippen molar-refractivity contribution in [2.45, 2.75) is 6.54 Å². The highest BCUT2D eigenvalue weighted by molar-refractivity contribution is 5.69. The van der Waals surface area contributed by atoms with Crippen LogP contribution in [-0.2, 0) is 16.1 Å². The lowest BCUT2D eigenvalue weighted by Crippen LogP contribution is -2.32. The summed E-state index contributed by atoms with van der Waals surface area (Å²) in [7, 11) is 1.58. The Kier molecular flexibility index (Phi) is 4.79. The fraction of sp³-hybridized carbons (Fsp3) is 0.556. The number of carbonyl (C=O) groups is 1. The maximum atomic E-state index is 10.6. The lowest BCUT2D eigenvalue weighted by atomic mass is 10.3. The molecule has 0 fully saturated rings. The molecule has 84 valence electrons. The molecular weight excluding hydrogens is 200 g/mol. The molecule has 0 aromatic carbocycles. The van der Waals surface area contributed by atoms with Gasteiger partial charge in [-0.1, -0.05) is 5.16 Å². The standard InChI is InChI=1S/C9H14N2O4/c1-14-3-2-11(6-9(12)13)5-8-4-10-15-7-8/h4,7H,2-3,5-6H2,1H3,(H,12,13). The van der Waals surface area contributed by atoms with Gasteiger partial charge in [0.05, 0.1) is 19.3 Å². The van der Waals surface area contributed by atoms with Crippen molar-refractivity contribution in [3.63, 3.8) is 0 Å². The van der Waals surface area contributed by atoms with Gasteiger partial charge in [-0.05, 0) is 0 Å². The van der Waals surface area contributed by atoms with Crippen molar-refractivity contribution in [1.29, 1.82) is 0 Å². The van der Waals surface area contributed by atoms with E-state index in [2.05, 4.69) is 9.68 Å². The van der Waals surface area contributed by atoms with Gasteiger partial charge in [-0.25, -0.2) is 0 Å². The van der Waals surface area contributed by atoms with E-state index < -0.39 is 5.97 Å². The van der Waals surface area contributed by atoms with Crippen LogP contribution in [0.1, 0.15) is 5.56 Å². The molecule has 0 saturated carbocycles. The Morgan fingerprint density at radius 3 is 3.07 bits per heavy atom. The van der Waals surface area contributed by atoms with Gasteiger partial charge in [-0.2, -0.15) is 0 Å². The summed E-state index contributed by atoms with van der Waals surface area (Å²) >= 11 is 0. The average Bonchev–Trinajstić information content (AvgIpc) is 2.66. The Morgan fingerprint density at radius 2 is 2.53 bits per heavy atom. The fourth-order valence-electron chi connectivity index (χ4n) is 1.19. The lowest BCUT2D eigenvalue weighted by Gasteiger charge is -2.18. The van der Waals surface area contributed by atoms with Crippen molar-refractivity contribution in [3.05, 3.63) is 18.0 Å². The fourth-order valence-corrected chi connectivity index (χ4v) is 1.19. The summed E-state index contributed by atoms with van der Waals surface area (Å²) in [5.41, 5.74) is 0.854. The van der Waals surface area contributed by atoms with Crippen LogP contribution in [0, 0.1) is 0 Å². The number of ether oxygens (including phenoxy) is 1. The quantitative estimate of drug-likeness (QED) is 0.699. The van der Waals surface area contributed by atoms with Gasteiger partial charge >= 0.3 is 5.97 Å². The number of carboxylic acids is 1. The Morgan fingerprint density at radius 1 is 1.73 bits per heavy atom. The van der Waals surface area contributed by atoms with Gasteiger partial charge in [0.15, 0.2) is 0 Å². The van der Waals surface area contributed by atoms with Gasteiger partial charge in [0.2, 0.25) is 0 Å². The second-order valence-electron chi connectivity index (χ2n) is 3.13. The zero-order chi connectivity index (χ0) is 11.1. The normalized spacial score (nSPS) is 10.8. The molecule has 0 unspecified atom stereocenters. The van der Waals surface area contributed by atoms with Gasteiger partial charge in [0.25, 0.3) is 0 Å². The average molecular weight is 214 g/mol. The van der Waals surface area contributed by atoms with Gasteiger partial charge in [-0.3, -0.25) is 9.69 Å². The van der Waals surface area contributed by atoms with Gasteiger partial charge in [0.1, 0.15) is 6.26 Å². The zero-order valence-electron chi connectivity index (χ0n) is 8.55. The number of rotatable bonds is 7. The molecule has 1 aromatic heterocycles. The minimum atomic E-state index is -0.859. The number of carboxylic acid groups (broad SMARTS) is 1. The van der Waals surface area contributed by atoms with E-state index in [-0.39, 0.29) is 6.54 Å². The second-order valence-corrected chi connectivity index (χ2v) is 3.13. The van der Waals surface area contributed by atoms with E-state index in [9.17, 15) is 4.79 Å². The van der Waals surface area contributed by atoms with Crippen LogP contribution in [-0.4, -0.2) is 47.9 Å². The molecule has 0 aliphatic heterocycles. The van der Waals surface area contributed by atoms with Crippen LogP contribution in [0.4, 0.5) is 0 Å². The summed E-state index contributed by atoms with van der Waals surface area (Å²) in [6, 6.07) is 0. The van der Waals surface area contributed by atoms with Crippen molar-refractivity contribution >= 4 is 5.97 Å². The predicted octanol–water partition coefficient (Wildman–Crippen LogP) is 0.208. The van der Waals surface area contributed by atoms with Gasteiger partial charge < -0.3 is 14.4 Å². The number of hydrogen-bond donors (Lipinski definition) is 1. The van der Waals surface area contributed by atoms with Crippen LogP contribution >= 0.6 is 0 Å². The molecule has 0 aliphatic rings. The van der Waals surface area contributed by atoms with Crippen LogP contribution < -0.4 is 0 Å². The lowest BCUT2D eigenvalue weighted by molar-refractivity contribution is -0.138. The van der Waals surface area contributed by atoms with Crippen molar-refractivity contribution in [3.8, 4) is 0 Å². The minimum Gasteiger partial charge on any atom is -0.480 e.